The number of carbonyl (C=O) groups excluding carboxylic acids is 1. The first-order valence-corrected chi connectivity index (χ1v) is 7.59. The Bertz CT molecular complexity index is 578. The fourth-order valence-corrected chi connectivity index (χ4v) is 2.86. The van der Waals surface area contributed by atoms with Gasteiger partial charge in [0.25, 0.3) is 0 Å². The highest BCUT2D eigenvalue weighted by Gasteiger charge is 2.29. The second-order valence-corrected chi connectivity index (χ2v) is 6.24. The Kier molecular flexibility index (Phi) is 5.47. The maximum Gasteiger partial charge on any atom is 0.324 e. The van der Waals surface area contributed by atoms with Crippen molar-refractivity contribution in [2.45, 2.75) is 24.8 Å². The molecule has 5 nitrogen and oxygen atoms in total. The molecule has 0 heterocycles. The molecule has 0 saturated carbocycles. The third-order valence-electron chi connectivity index (χ3n) is 2.97. The quantitative estimate of drug-likeness (QED) is 0.640. The number of ether oxygens (including phenoxy) is 1. The summed E-state index contributed by atoms with van der Waals surface area (Å²) < 4.78 is 31.5. The van der Waals surface area contributed by atoms with Crippen LogP contribution in [0.15, 0.2) is 41.8 Å². The molecular weight excluding hydrogens is 278 g/mol. The molecule has 0 aliphatic rings. The molecule has 0 saturated heterocycles. The summed E-state index contributed by atoms with van der Waals surface area (Å²) in [4.78, 5) is 11.8. The Hall–Kier alpha value is -1.66. The molecule has 2 atom stereocenters. The normalized spacial score (nSPS) is 14.3. The lowest BCUT2D eigenvalue weighted by molar-refractivity contribution is -0.143. The second kappa shape index (κ2) is 6.67. The molecule has 1 aromatic carbocycles. The topological polar surface area (TPSA) is 72.5 Å². The summed E-state index contributed by atoms with van der Waals surface area (Å²) in [6.07, 6.45) is 1.50. The number of esters is 1. The van der Waals surface area contributed by atoms with Gasteiger partial charge in [0.15, 0.2) is 0 Å². The van der Waals surface area contributed by atoms with Gasteiger partial charge in [0.2, 0.25) is 10.0 Å². The van der Waals surface area contributed by atoms with E-state index in [-0.39, 0.29) is 10.8 Å². The smallest absolute Gasteiger partial charge is 0.324 e. The summed E-state index contributed by atoms with van der Waals surface area (Å²) in [5, 5.41) is 0. The number of benzene rings is 1. The van der Waals surface area contributed by atoms with Gasteiger partial charge in [0.05, 0.1) is 12.0 Å². The van der Waals surface area contributed by atoms with Crippen LogP contribution in [-0.2, 0) is 19.6 Å². The lowest BCUT2D eigenvalue weighted by atomic mass is 10.0. The molecule has 1 aromatic rings. The van der Waals surface area contributed by atoms with E-state index in [9.17, 15) is 13.2 Å². The highest BCUT2D eigenvalue weighted by molar-refractivity contribution is 7.89. The summed E-state index contributed by atoms with van der Waals surface area (Å²) in [5.41, 5.74) is 0.952. The van der Waals surface area contributed by atoms with Crippen molar-refractivity contribution in [2.24, 2.45) is 5.92 Å². The SMILES string of the molecule is C=C[C@H](C)[C@@H](NS(=O)(=O)c1ccc(C)cc1)C(=O)OC. The standard InChI is InChI=1S/C14H19NO4S/c1-5-11(3)13(14(16)19-4)15-20(17,18)12-8-6-10(2)7-9-12/h5-9,11,13,15H,1H2,2-4H3/t11-,13+/m0/s1. The third-order valence-corrected chi connectivity index (χ3v) is 4.42. The van der Waals surface area contributed by atoms with Crippen LogP contribution in [0.4, 0.5) is 0 Å². The molecule has 1 rings (SSSR count). The van der Waals surface area contributed by atoms with Gasteiger partial charge in [-0.1, -0.05) is 30.7 Å². The number of aryl methyl sites for hydroxylation is 1. The molecule has 0 unspecified atom stereocenters. The molecule has 0 aromatic heterocycles. The highest BCUT2D eigenvalue weighted by atomic mass is 32.2. The number of rotatable bonds is 6. The maximum atomic E-state index is 12.2. The zero-order valence-electron chi connectivity index (χ0n) is 11.8. The van der Waals surface area contributed by atoms with Crippen molar-refractivity contribution in [2.75, 3.05) is 7.11 Å². The van der Waals surface area contributed by atoms with E-state index in [0.717, 1.165) is 5.56 Å². The Morgan fingerprint density at radius 1 is 1.35 bits per heavy atom. The number of methoxy groups -OCH3 is 1. The van der Waals surface area contributed by atoms with Crippen LogP contribution < -0.4 is 4.72 Å². The fraction of sp³-hybridized carbons (Fsp3) is 0.357. The first-order valence-electron chi connectivity index (χ1n) is 6.11. The fourth-order valence-electron chi connectivity index (χ4n) is 1.59. The van der Waals surface area contributed by atoms with Crippen LogP contribution in [0.2, 0.25) is 0 Å². The first kappa shape index (κ1) is 16.4. The largest absolute Gasteiger partial charge is 0.468 e. The summed E-state index contributed by atoms with van der Waals surface area (Å²) in [6, 6.07) is 5.37. The Balaban J connectivity index is 3.05. The minimum Gasteiger partial charge on any atom is -0.468 e. The average Bonchev–Trinajstić information content (AvgIpc) is 2.43. The summed E-state index contributed by atoms with van der Waals surface area (Å²) in [6.45, 7) is 7.12. The molecule has 0 aliphatic heterocycles. The second-order valence-electron chi connectivity index (χ2n) is 4.53. The predicted molar refractivity (Wildman–Crippen MR) is 76.7 cm³/mol. The maximum absolute atomic E-state index is 12.2. The molecule has 6 heteroatoms. The number of carbonyl (C=O) groups is 1. The van der Waals surface area contributed by atoms with Crippen molar-refractivity contribution in [3.05, 3.63) is 42.5 Å². The summed E-state index contributed by atoms with van der Waals surface area (Å²) in [7, 11) is -2.57. The van der Waals surface area contributed by atoms with E-state index in [1.54, 1.807) is 19.1 Å². The van der Waals surface area contributed by atoms with Gasteiger partial charge in [-0.3, -0.25) is 4.79 Å². The van der Waals surface area contributed by atoms with Crippen molar-refractivity contribution in [3.63, 3.8) is 0 Å². The zero-order valence-corrected chi connectivity index (χ0v) is 12.6. The lowest BCUT2D eigenvalue weighted by Crippen LogP contribution is -2.45. The van der Waals surface area contributed by atoms with Crippen LogP contribution >= 0.6 is 0 Å². The van der Waals surface area contributed by atoms with E-state index in [1.807, 2.05) is 6.92 Å². The van der Waals surface area contributed by atoms with Crippen LogP contribution in [0.1, 0.15) is 12.5 Å². The minimum atomic E-state index is -3.79. The zero-order chi connectivity index (χ0) is 15.3. The number of sulfonamides is 1. The van der Waals surface area contributed by atoms with Gasteiger partial charge in [-0.25, -0.2) is 8.42 Å². The first-order chi connectivity index (χ1) is 9.31. The van der Waals surface area contributed by atoms with Gasteiger partial charge >= 0.3 is 5.97 Å². The van der Waals surface area contributed by atoms with E-state index >= 15 is 0 Å². The molecule has 0 radical (unpaired) electrons. The third kappa shape index (κ3) is 3.91. The van der Waals surface area contributed by atoms with Crippen molar-refractivity contribution >= 4 is 16.0 Å². The monoisotopic (exact) mass is 297 g/mol. The van der Waals surface area contributed by atoms with Crippen LogP contribution in [0.5, 0.6) is 0 Å². The van der Waals surface area contributed by atoms with E-state index in [2.05, 4.69) is 16.0 Å². The molecule has 0 fully saturated rings. The van der Waals surface area contributed by atoms with Crippen molar-refractivity contribution < 1.29 is 17.9 Å². The lowest BCUT2D eigenvalue weighted by Gasteiger charge is -2.20. The molecule has 0 bridgehead atoms. The van der Waals surface area contributed by atoms with Crippen LogP contribution in [0.25, 0.3) is 0 Å². The van der Waals surface area contributed by atoms with Crippen LogP contribution in [-0.4, -0.2) is 27.5 Å². The Morgan fingerprint density at radius 2 is 1.90 bits per heavy atom. The Labute approximate surface area is 119 Å². The van der Waals surface area contributed by atoms with Gasteiger partial charge in [0.1, 0.15) is 6.04 Å². The van der Waals surface area contributed by atoms with Gasteiger partial charge in [-0.15, -0.1) is 6.58 Å². The van der Waals surface area contributed by atoms with E-state index in [4.69, 9.17) is 0 Å². The number of hydrogen-bond donors (Lipinski definition) is 1. The summed E-state index contributed by atoms with van der Waals surface area (Å²) in [5.74, 6) is -1.03. The molecule has 110 valence electrons. The van der Waals surface area contributed by atoms with Crippen LogP contribution in [0, 0.1) is 12.8 Å². The van der Waals surface area contributed by atoms with Gasteiger partial charge in [-0.2, -0.15) is 4.72 Å². The van der Waals surface area contributed by atoms with Gasteiger partial charge in [-0.05, 0) is 19.1 Å². The summed E-state index contributed by atoms with van der Waals surface area (Å²) >= 11 is 0. The number of hydrogen-bond acceptors (Lipinski definition) is 4. The van der Waals surface area contributed by atoms with Gasteiger partial charge in [0, 0.05) is 5.92 Å². The van der Waals surface area contributed by atoms with E-state index in [1.165, 1.54) is 25.3 Å². The molecule has 1 N–H and O–H groups in total. The van der Waals surface area contributed by atoms with Crippen molar-refractivity contribution in [3.8, 4) is 0 Å². The predicted octanol–water partition coefficient (Wildman–Crippen LogP) is 1.64. The van der Waals surface area contributed by atoms with E-state index in [0.29, 0.717) is 0 Å². The van der Waals surface area contributed by atoms with Crippen molar-refractivity contribution in [1.29, 1.82) is 0 Å². The molecular formula is C14H19NO4S. The minimum absolute atomic E-state index is 0.105. The molecule has 20 heavy (non-hydrogen) atoms. The molecule has 0 amide bonds. The van der Waals surface area contributed by atoms with E-state index < -0.39 is 22.0 Å². The molecule has 0 spiro atoms. The average molecular weight is 297 g/mol. The van der Waals surface area contributed by atoms with Crippen molar-refractivity contribution in [1.82, 2.24) is 4.72 Å². The molecule has 0 aliphatic carbocycles. The van der Waals surface area contributed by atoms with Gasteiger partial charge < -0.3 is 4.74 Å². The number of nitrogens with one attached hydrogen (secondary N) is 1. The van der Waals surface area contributed by atoms with Crippen LogP contribution in [0.3, 0.4) is 0 Å². The Morgan fingerprint density at radius 3 is 2.35 bits per heavy atom. The highest BCUT2D eigenvalue weighted by Crippen LogP contribution is 2.14.